The van der Waals surface area contributed by atoms with Crippen molar-refractivity contribution < 1.29 is 45.0 Å². The number of aliphatic hydroxyl groups is 6. The summed E-state index contributed by atoms with van der Waals surface area (Å²) in [5, 5.41) is 59.0. The Bertz CT molecular complexity index is 752. The van der Waals surface area contributed by atoms with E-state index in [-0.39, 0.29) is 19.4 Å². The van der Waals surface area contributed by atoms with Crippen LogP contribution >= 0.6 is 7.60 Å². The van der Waals surface area contributed by atoms with Gasteiger partial charge in [-0.1, -0.05) is 24.3 Å². The lowest BCUT2D eigenvalue weighted by molar-refractivity contribution is -0.0301. The molecule has 1 saturated heterocycles. The van der Waals surface area contributed by atoms with Gasteiger partial charge in [-0.05, 0) is 11.1 Å². The van der Waals surface area contributed by atoms with Gasteiger partial charge < -0.3 is 40.4 Å². The number of nitrogens with zero attached hydrogens (tertiary/aromatic N) is 3. The van der Waals surface area contributed by atoms with Gasteiger partial charge in [0.15, 0.2) is 0 Å². The molecule has 0 radical (unpaired) electrons. The SMILES string of the molecule is O=P(O)(O)Cc1ccc(CN2CCN([C@H](CO)[C@H](O)CO)CCN([C@H](CO)[C@H](O)CO)CC2)cc1. The highest BCUT2D eigenvalue weighted by molar-refractivity contribution is 7.50. The summed E-state index contributed by atoms with van der Waals surface area (Å²) >= 11 is 0. The monoisotopic (exact) mass is 521 g/mol. The topological polar surface area (TPSA) is 189 Å². The molecule has 13 heteroatoms. The van der Waals surface area contributed by atoms with E-state index in [1.54, 1.807) is 12.1 Å². The predicted molar refractivity (Wildman–Crippen MR) is 129 cm³/mol. The van der Waals surface area contributed by atoms with Crippen molar-refractivity contribution in [2.75, 3.05) is 65.7 Å². The molecule has 0 amide bonds. The van der Waals surface area contributed by atoms with Crippen molar-refractivity contribution in [2.45, 2.75) is 37.0 Å². The van der Waals surface area contributed by atoms with Crippen molar-refractivity contribution in [1.29, 1.82) is 0 Å². The van der Waals surface area contributed by atoms with Gasteiger partial charge >= 0.3 is 7.60 Å². The van der Waals surface area contributed by atoms with Gasteiger partial charge in [0.05, 0.1) is 56.9 Å². The van der Waals surface area contributed by atoms with E-state index in [1.165, 1.54) is 0 Å². The molecule has 8 N–H and O–H groups in total. The molecule has 4 atom stereocenters. The Hall–Kier alpha value is -0.990. The van der Waals surface area contributed by atoms with Crippen LogP contribution in [0.15, 0.2) is 24.3 Å². The summed E-state index contributed by atoms with van der Waals surface area (Å²) < 4.78 is 11.2. The van der Waals surface area contributed by atoms with Crippen LogP contribution in [0.2, 0.25) is 0 Å². The van der Waals surface area contributed by atoms with Crippen molar-refractivity contribution in [2.24, 2.45) is 0 Å². The third-order valence-corrected chi connectivity index (χ3v) is 7.25. The Kier molecular flexibility index (Phi) is 12.7. The summed E-state index contributed by atoms with van der Waals surface area (Å²) in [5.74, 6) is 0. The summed E-state index contributed by atoms with van der Waals surface area (Å²) in [6, 6.07) is 5.61. The molecule has 0 aliphatic carbocycles. The molecule has 1 aromatic carbocycles. The molecule has 1 aliphatic heterocycles. The van der Waals surface area contributed by atoms with Crippen LogP contribution in [0, 0.1) is 0 Å². The van der Waals surface area contributed by atoms with Gasteiger partial charge in [-0.25, -0.2) is 0 Å². The Labute approximate surface area is 205 Å². The molecule has 0 spiro atoms. The zero-order chi connectivity index (χ0) is 26.0. The first-order valence-corrected chi connectivity index (χ1v) is 13.5. The van der Waals surface area contributed by atoms with E-state index in [1.807, 2.05) is 21.9 Å². The van der Waals surface area contributed by atoms with Gasteiger partial charge in [0.2, 0.25) is 0 Å². The molecule has 0 aromatic heterocycles. The summed E-state index contributed by atoms with van der Waals surface area (Å²) in [6.45, 7) is 1.73. The molecule has 0 saturated carbocycles. The maximum Gasteiger partial charge on any atom is 0.329 e. The van der Waals surface area contributed by atoms with E-state index >= 15 is 0 Å². The van der Waals surface area contributed by atoms with Gasteiger partial charge in [0.1, 0.15) is 0 Å². The minimum atomic E-state index is -4.15. The van der Waals surface area contributed by atoms with Crippen LogP contribution in [-0.2, 0) is 17.3 Å². The van der Waals surface area contributed by atoms with Crippen LogP contribution in [0.4, 0.5) is 0 Å². The Morgan fingerprint density at radius 3 is 1.46 bits per heavy atom. The zero-order valence-electron chi connectivity index (χ0n) is 19.9. The average Bonchev–Trinajstić information content (AvgIpc) is 2.92. The second-order valence-electron chi connectivity index (χ2n) is 8.99. The first-order valence-electron chi connectivity index (χ1n) is 11.7. The molecule has 1 aliphatic rings. The second-order valence-corrected chi connectivity index (χ2v) is 10.6. The van der Waals surface area contributed by atoms with Gasteiger partial charge in [-0.15, -0.1) is 0 Å². The molecule has 0 unspecified atom stereocenters. The highest BCUT2D eigenvalue weighted by Crippen LogP contribution is 2.38. The Morgan fingerprint density at radius 1 is 0.686 bits per heavy atom. The minimum absolute atomic E-state index is 0.327. The minimum Gasteiger partial charge on any atom is -0.395 e. The third-order valence-electron chi connectivity index (χ3n) is 6.47. The molecular weight excluding hydrogens is 481 g/mol. The molecule has 1 heterocycles. The van der Waals surface area contributed by atoms with Gasteiger partial charge in [0.25, 0.3) is 0 Å². The highest BCUT2D eigenvalue weighted by atomic mass is 31.2. The normalized spacial score (nSPS) is 21.0. The van der Waals surface area contributed by atoms with Crippen LogP contribution in [0.5, 0.6) is 0 Å². The van der Waals surface area contributed by atoms with Crippen LogP contribution in [-0.4, -0.2) is 145 Å². The van der Waals surface area contributed by atoms with E-state index in [0.29, 0.717) is 51.4 Å². The molecule has 1 fully saturated rings. The zero-order valence-corrected chi connectivity index (χ0v) is 20.8. The first kappa shape index (κ1) is 30.2. The first-order chi connectivity index (χ1) is 16.6. The van der Waals surface area contributed by atoms with Crippen molar-refractivity contribution in [1.82, 2.24) is 14.7 Å². The fraction of sp³-hybridized carbons (Fsp3) is 0.727. The lowest BCUT2D eigenvalue weighted by Crippen LogP contribution is -2.53. The van der Waals surface area contributed by atoms with E-state index in [9.17, 15) is 45.0 Å². The molecule has 0 bridgehead atoms. The van der Waals surface area contributed by atoms with Crippen molar-refractivity contribution >= 4 is 7.60 Å². The van der Waals surface area contributed by atoms with Crippen molar-refractivity contribution in [3.8, 4) is 0 Å². The fourth-order valence-corrected chi connectivity index (χ4v) is 5.09. The molecular formula is C22H40N3O9P. The molecule has 202 valence electrons. The van der Waals surface area contributed by atoms with Crippen LogP contribution in [0.1, 0.15) is 11.1 Å². The van der Waals surface area contributed by atoms with E-state index in [4.69, 9.17) is 0 Å². The number of rotatable bonds is 12. The highest BCUT2D eigenvalue weighted by Gasteiger charge is 2.30. The standard InChI is InChI=1S/C22H40N3O9P/c26-12-19(21(30)14-28)24-7-5-23(6-8-25(10-9-24)20(13-27)22(31)15-29)11-17-1-3-18(4-2-17)16-35(32,33)34/h1-4,19-22,26-31H,5-16H2,(H2,32,33,34)/t19-,20-,21-,22-/m1/s1. The maximum absolute atomic E-state index is 11.2. The Morgan fingerprint density at radius 2 is 1.09 bits per heavy atom. The molecule has 1 aromatic rings. The van der Waals surface area contributed by atoms with Crippen molar-refractivity contribution in [3.05, 3.63) is 35.4 Å². The summed E-state index contributed by atoms with van der Waals surface area (Å²) in [6.07, 6.45) is -2.60. The quantitative estimate of drug-likeness (QED) is 0.132. The lowest BCUT2D eigenvalue weighted by atomic mass is 10.1. The average molecular weight is 522 g/mol. The van der Waals surface area contributed by atoms with Gasteiger partial charge in [0, 0.05) is 45.8 Å². The smallest absolute Gasteiger partial charge is 0.329 e. The number of aliphatic hydroxyl groups excluding tert-OH is 6. The van der Waals surface area contributed by atoms with Gasteiger partial charge in [-0.2, -0.15) is 0 Å². The maximum atomic E-state index is 11.2. The van der Waals surface area contributed by atoms with E-state index in [2.05, 4.69) is 4.90 Å². The second kappa shape index (κ2) is 14.7. The molecule has 35 heavy (non-hydrogen) atoms. The predicted octanol–water partition coefficient (Wildman–Crippen LogP) is -2.79. The molecule has 2 rings (SSSR count). The van der Waals surface area contributed by atoms with Crippen LogP contribution in [0.3, 0.4) is 0 Å². The van der Waals surface area contributed by atoms with Crippen LogP contribution < -0.4 is 0 Å². The summed E-state index contributed by atoms with van der Waals surface area (Å²) in [7, 11) is -4.15. The van der Waals surface area contributed by atoms with Crippen LogP contribution in [0.25, 0.3) is 0 Å². The number of hydrogen-bond donors (Lipinski definition) is 8. The number of hydrogen-bond acceptors (Lipinski definition) is 10. The summed E-state index contributed by atoms with van der Waals surface area (Å²) in [4.78, 5) is 24.2. The fourth-order valence-electron chi connectivity index (χ4n) is 4.40. The van der Waals surface area contributed by atoms with Gasteiger partial charge in [-0.3, -0.25) is 19.3 Å². The largest absolute Gasteiger partial charge is 0.395 e. The van der Waals surface area contributed by atoms with E-state index < -0.39 is 45.1 Å². The van der Waals surface area contributed by atoms with E-state index in [0.717, 1.165) is 5.56 Å². The lowest BCUT2D eigenvalue weighted by Gasteiger charge is -2.36. The Balaban J connectivity index is 2.21. The third kappa shape index (κ3) is 9.77. The summed E-state index contributed by atoms with van der Waals surface area (Å²) in [5.41, 5.74) is 1.47. The van der Waals surface area contributed by atoms with Crippen molar-refractivity contribution in [3.63, 3.8) is 0 Å². The number of benzene rings is 1. The molecule has 12 nitrogen and oxygen atoms in total.